The average molecular weight is 410 g/mol. The summed E-state index contributed by atoms with van der Waals surface area (Å²) in [6, 6.07) is 14.5. The van der Waals surface area contributed by atoms with Crippen molar-refractivity contribution in [1.29, 1.82) is 0 Å². The first kappa shape index (κ1) is 21.8. The number of aryl methyl sites for hydroxylation is 1. The largest absolute Gasteiger partial charge is 0.508 e. The normalized spacial score (nSPS) is 15.0. The lowest BCUT2D eigenvalue weighted by Crippen LogP contribution is -2.39. The number of phenolic OH excluding ortho intramolecular Hbond substituents is 1. The number of hydrogen-bond acceptors (Lipinski definition) is 4. The van der Waals surface area contributed by atoms with Crippen LogP contribution < -0.4 is 5.32 Å². The van der Waals surface area contributed by atoms with Gasteiger partial charge in [-0.15, -0.1) is 0 Å². The molecule has 1 aliphatic rings. The predicted molar refractivity (Wildman–Crippen MR) is 119 cm³/mol. The molecule has 2 amide bonds. The van der Waals surface area contributed by atoms with E-state index in [-0.39, 0.29) is 11.8 Å². The van der Waals surface area contributed by atoms with Gasteiger partial charge in [0.2, 0.25) is 5.91 Å². The fourth-order valence-corrected chi connectivity index (χ4v) is 3.82. The number of aromatic hydroxyl groups is 1. The Balaban J connectivity index is 1.38. The molecule has 1 heterocycles. The summed E-state index contributed by atoms with van der Waals surface area (Å²) in [6.07, 6.45) is 4.37. The zero-order valence-electron chi connectivity index (χ0n) is 17.8. The van der Waals surface area contributed by atoms with Gasteiger partial charge in [-0.1, -0.05) is 12.1 Å². The van der Waals surface area contributed by atoms with Crippen LogP contribution in [0.2, 0.25) is 0 Å². The number of benzene rings is 2. The van der Waals surface area contributed by atoms with E-state index in [1.807, 2.05) is 12.1 Å². The van der Waals surface area contributed by atoms with Crippen molar-refractivity contribution in [2.24, 2.45) is 5.92 Å². The van der Waals surface area contributed by atoms with Crippen molar-refractivity contribution in [3.63, 3.8) is 0 Å². The fourth-order valence-electron chi connectivity index (χ4n) is 3.82. The summed E-state index contributed by atoms with van der Waals surface area (Å²) in [5.74, 6) is 0.911. The van der Waals surface area contributed by atoms with Crippen molar-refractivity contribution < 1.29 is 14.7 Å². The van der Waals surface area contributed by atoms with Crippen molar-refractivity contribution in [2.45, 2.75) is 25.7 Å². The third-order valence-electron chi connectivity index (χ3n) is 5.67. The maximum Gasteiger partial charge on any atom is 0.253 e. The van der Waals surface area contributed by atoms with Crippen molar-refractivity contribution in [1.82, 2.24) is 9.80 Å². The number of nitrogens with zero attached hydrogens (tertiary/aromatic N) is 2. The molecule has 2 aromatic rings. The summed E-state index contributed by atoms with van der Waals surface area (Å²) >= 11 is 0. The topological polar surface area (TPSA) is 72.9 Å². The van der Waals surface area contributed by atoms with Gasteiger partial charge in [-0.05, 0) is 86.7 Å². The van der Waals surface area contributed by atoms with E-state index in [1.165, 1.54) is 10.5 Å². The lowest BCUT2D eigenvalue weighted by molar-refractivity contribution is -0.117. The Kier molecular flexibility index (Phi) is 7.46. The van der Waals surface area contributed by atoms with Crippen molar-refractivity contribution in [3.05, 3.63) is 59.7 Å². The number of nitrogens with one attached hydrogen (secondary N) is 1. The molecule has 0 saturated carbocycles. The highest BCUT2D eigenvalue weighted by Crippen LogP contribution is 2.23. The Morgan fingerprint density at radius 2 is 1.67 bits per heavy atom. The van der Waals surface area contributed by atoms with Gasteiger partial charge < -0.3 is 15.3 Å². The second-order valence-electron chi connectivity index (χ2n) is 8.25. The van der Waals surface area contributed by atoms with Gasteiger partial charge in [0.05, 0.1) is 6.54 Å². The average Bonchev–Trinajstić information content (AvgIpc) is 2.74. The first-order valence-corrected chi connectivity index (χ1v) is 10.5. The third kappa shape index (κ3) is 6.32. The molecular weight excluding hydrogens is 378 g/mol. The fraction of sp³-hybridized carbons (Fsp3) is 0.417. The monoisotopic (exact) mass is 409 g/mol. The van der Waals surface area contributed by atoms with Crippen molar-refractivity contribution in [3.8, 4) is 5.75 Å². The van der Waals surface area contributed by atoms with Gasteiger partial charge in [0.15, 0.2) is 0 Å². The van der Waals surface area contributed by atoms with Crippen LogP contribution in [0.5, 0.6) is 5.75 Å². The first-order chi connectivity index (χ1) is 14.4. The summed E-state index contributed by atoms with van der Waals surface area (Å²) < 4.78 is 0. The quantitative estimate of drug-likeness (QED) is 0.735. The molecule has 6 nitrogen and oxygen atoms in total. The number of phenols is 1. The molecule has 2 N–H and O–H groups in total. The molecule has 30 heavy (non-hydrogen) atoms. The molecule has 0 aliphatic carbocycles. The van der Waals surface area contributed by atoms with Crippen molar-refractivity contribution in [2.75, 3.05) is 39.0 Å². The smallest absolute Gasteiger partial charge is 0.253 e. The van der Waals surface area contributed by atoms with E-state index in [0.717, 1.165) is 38.8 Å². The molecule has 0 aromatic heterocycles. The van der Waals surface area contributed by atoms with Crippen LogP contribution in [0.25, 0.3) is 0 Å². The van der Waals surface area contributed by atoms with Crippen LogP contribution in [0.4, 0.5) is 5.69 Å². The second-order valence-corrected chi connectivity index (χ2v) is 8.25. The van der Waals surface area contributed by atoms with E-state index in [4.69, 9.17) is 0 Å². The molecule has 3 rings (SSSR count). The highest BCUT2D eigenvalue weighted by Gasteiger charge is 2.21. The molecule has 2 aromatic carbocycles. The molecule has 1 fully saturated rings. The number of likely N-dealkylation sites (tertiary alicyclic amines) is 1. The molecule has 0 radical (unpaired) electrons. The van der Waals surface area contributed by atoms with Crippen LogP contribution in [0.1, 0.15) is 35.2 Å². The Morgan fingerprint density at radius 3 is 2.27 bits per heavy atom. The Labute approximate surface area is 178 Å². The lowest BCUT2D eigenvalue weighted by Gasteiger charge is -2.31. The highest BCUT2D eigenvalue weighted by atomic mass is 16.3. The predicted octanol–water partition coefficient (Wildman–Crippen LogP) is 3.38. The molecule has 0 bridgehead atoms. The Bertz CT molecular complexity index is 839. The minimum atomic E-state index is -0.0545. The molecule has 1 saturated heterocycles. The number of piperidine rings is 1. The van der Waals surface area contributed by atoms with Gasteiger partial charge >= 0.3 is 0 Å². The van der Waals surface area contributed by atoms with Crippen LogP contribution in [-0.2, 0) is 11.2 Å². The van der Waals surface area contributed by atoms with Gasteiger partial charge in [0.25, 0.3) is 5.91 Å². The van der Waals surface area contributed by atoms with Gasteiger partial charge in [0.1, 0.15) is 5.75 Å². The van der Waals surface area contributed by atoms with Gasteiger partial charge in [-0.3, -0.25) is 14.5 Å². The standard InChI is InChI=1S/C24H31N3O3/c1-26(2)24(30)20-7-9-21(10-8-20)25-23(29)17-27-15-13-19(14-16-27)4-3-18-5-11-22(28)12-6-18/h5-12,19,28H,3-4,13-17H2,1-2H3,(H,25,29). The van der Waals surface area contributed by atoms with Gasteiger partial charge in [-0.25, -0.2) is 0 Å². The zero-order chi connectivity index (χ0) is 21.5. The van der Waals surface area contributed by atoms with Crippen LogP contribution in [0.3, 0.4) is 0 Å². The molecule has 0 spiro atoms. The maximum atomic E-state index is 12.4. The van der Waals surface area contributed by atoms with E-state index in [1.54, 1.807) is 50.5 Å². The summed E-state index contributed by atoms with van der Waals surface area (Å²) in [5.41, 5.74) is 2.57. The third-order valence-corrected chi connectivity index (χ3v) is 5.67. The summed E-state index contributed by atoms with van der Waals surface area (Å²) in [6.45, 7) is 2.26. The number of anilines is 1. The number of rotatable bonds is 7. The zero-order valence-corrected chi connectivity index (χ0v) is 17.8. The Hall–Kier alpha value is -2.86. The van der Waals surface area contributed by atoms with Crippen LogP contribution in [0.15, 0.2) is 48.5 Å². The van der Waals surface area contributed by atoms with Crippen LogP contribution in [0, 0.1) is 5.92 Å². The maximum absolute atomic E-state index is 12.4. The van der Waals surface area contributed by atoms with Crippen LogP contribution >= 0.6 is 0 Å². The molecular formula is C24H31N3O3. The van der Waals surface area contributed by atoms with E-state index in [9.17, 15) is 14.7 Å². The summed E-state index contributed by atoms with van der Waals surface area (Å²) in [4.78, 5) is 28.0. The van der Waals surface area contributed by atoms with Crippen molar-refractivity contribution >= 4 is 17.5 Å². The number of carbonyl (C=O) groups is 2. The van der Waals surface area contributed by atoms with Gasteiger partial charge in [0, 0.05) is 25.3 Å². The number of hydrogen-bond donors (Lipinski definition) is 2. The van der Waals surface area contributed by atoms with E-state index in [2.05, 4.69) is 10.2 Å². The highest BCUT2D eigenvalue weighted by molar-refractivity contribution is 5.96. The SMILES string of the molecule is CN(C)C(=O)c1ccc(NC(=O)CN2CCC(CCc3ccc(O)cc3)CC2)cc1. The van der Waals surface area contributed by atoms with E-state index < -0.39 is 0 Å². The minimum absolute atomic E-state index is 0.0239. The first-order valence-electron chi connectivity index (χ1n) is 10.5. The molecule has 160 valence electrons. The van der Waals surface area contributed by atoms with E-state index in [0.29, 0.717) is 29.5 Å². The number of carbonyl (C=O) groups excluding carboxylic acids is 2. The van der Waals surface area contributed by atoms with Gasteiger partial charge in [-0.2, -0.15) is 0 Å². The summed E-state index contributed by atoms with van der Waals surface area (Å²) in [7, 11) is 3.43. The Morgan fingerprint density at radius 1 is 1.03 bits per heavy atom. The molecule has 1 aliphatic heterocycles. The number of amides is 2. The molecule has 6 heteroatoms. The molecule has 0 atom stereocenters. The lowest BCUT2D eigenvalue weighted by atomic mass is 9.90. The van der Waals surface area contributed by atoms with E-state index >= 15 is 0 Å². The molecule has 0 unspecified atom stereocenters. The van der Waals surface area contributed by atoms with Crippen LogP contribution in [-0.4, -0.2) is 60.5 Å². The summed E-state index contributed by atoms with van der Waals surface area (Å²) in [5, 5.41) is 12.3. The minimum Gasteiger partial charge on any atom is -0.508 e. The second kappa shape index (κ2) is 10.3.